The summed E-state index contributed by atoms with van der Waals surface area (Å²) in [5, 5.41) is 1.93. The minimum atomic E-state index is 0.0158. The molecule has 0 saturated heterocycles. The first-order valence-electron chi connectivity index (χ1n) is 7.00. The van der Waals surface area contributed by atoms with Crippen LogP contribution in [0.1, 0.15) is 22.5 Å². The molecule has 4 rings (SSSR count). The minimum absolute atomic E-state index is 0.0158. The first-order valence-corrected chi connectivity index (χ1v) is 7.81. The Balaban J connectivity index is 1.88. The number of nitrogen functional groups attached to an aromatic ring is 1. The molecule has 0 aliphatic heterocycles. The molecule has 2 aromatic heterocycles. The number of carbonyl (C=O) groups is 1. The van der Waals surface area contributed by atoms with Gasteiger partial charge in [-0.15, -0.1) is 11.3 Å². The Morgan fingerprint density at radius 3 is 2.90 bits per heavy atom. The Kier molecular flexibility index (Phi) is 2.65. The predicted molar refractivity (Wildman–Crippen MR) is 86.7 cm³/mol. The van der Waals surface area contributed by atoms with Crippen molar-refractivity contribution in [1.29, 1.82) is 0 Å². The molecule has 2 heterocycles. The van der Waals surface area contributed by atoms with E-state index in [1.165, 1.54) is 11.3 Å². The summed E-state index contributed by atoms with van der Waals surface area (Å²) in [6, 6.07) is 10.3. The lowest BCUT2D eigenvalue weighted by molar-refractivity contribution is 0.0791. The van der Waals surface area contributed by atoms with Crippen LogP contribution in [0.3, 0.4) is 0 Å². The molecule has 0 bridgehead atoms. The summed E-state index contributed by atoms with van der Waals surface area (Å²) < 4.78 is 0. The summed E-state index contributed by atoms with van der Waals surface area (Å²) in [7, 11) is 1.85. The van der Waals surface area contributed by atoms with Gasteiger partial charge in [0.15, 0.2) is 0 Å². The molecule has 0 unspecified atom stereocenters. The van der Waals surface area contributed by atoms with Gasteiger partial charge in [0.1, 0.15) is 9.71 Å². The number of amides is 1. The smallest absolute Gasteiger partial charge is 0.266 e. The molecule has 4 nitrogen and oxygen atoms in total. The molecular formula is C16H15N3OS. The number of benzene rings is 1. The number of pyridine rings is 1. The number of nitrogens with zero attached hydrogens (tertiary/aromatic N) is 2. The molecule has 3 aromatic rings. The molecule has 1 aliphatic rings. The first kappa shape index (κ1) is 12.6. The number of hydrogen-bond donors (Lipinski definition) is 1. The molecule has 1 saturated carbocycles. The molecule has 21 heavy (non-hydrogen) atoms. The zero-order chi connectivity index (χ0) is 14.6. The highest BCUT2D eigenvalue weighted by Crippen LogP contribution is 2.36. The van der Waals surface area contributed by atoms with E-state index in [1.807, 2.05) is 37.4 Å². The summed E-state index contributed by atoms with van der Waals surface area (Å²) in [5.41, 5.74) is 7.70. The number of rotatable bonds is 2. The van der Waals surface area contributed by atoms with Crippen LogP contribution in [0.15, 0.2) is 30.3 Å². The largest absolute Gasteiger partial charge is 0.397 e. The second-order valence-corrected chi connectivity index (χ2v) is 6.52. The van der Waals surface area contributed by atoms with Crippen LogP contribution in [-0.4, -0.2) is 28.9 Å². The molecule has 2 N–H and O–H groups in total. The van der Waals surface area contributed by atoms with Crippen molar-refractivity contribution >= 4 is 44.1 Å². The third kappa shape index (κ3) is 1.96. The standard InChI is InChI=1S/C16H15N3OS/c1-19(10-6-7-10)16(20)14-13(17)11-8-9-4-2-3-5-12(9)18-15(11)21-14/h2-5,8,10H,6-7,17H2,1H3. The summed E-state index contributed by atoms with van der Waals surface area (Å²) >= 11 is 1.39. The maximum Gasteiger partial charge on any atom is 0.266 e. The second kappa shape index (κ2) is 4.43. The quantitative estimate of drug-likeness (QED) is 0.789. The Labute approximate surface area is 126 Å². The van der Waals surface area contributed by atoms with Crippen molar-refractivity contribution in [2.24, 2.45) is 0 Å². The van der Waals surface area contributed by atoms with E-state index in [2.05, 4.69) is 4.98 Å². The fraction of sp³-hybridized carbons (Fsp3) is 0.250. The van der Waals surface area contributed by atoms with Gasteiger partial charge in [0, 0.05) is 23.9 Å². The molecule has 1 fully saturated rings. The third-order valence-electron chi connectivity index (χ3n) is 4.03. The molecule has 1 aromatic carbocycles. The Bertz CT molecular complexity index is 866. The molecule has 5 heteroatoms. The first-order chi connectivity index (χ1) is 10.1. The van der Waals surface area contributed by atoms with Crippen LogP contribution in [0, 0.1) is 0 Å². The molecule has 1 aliphatic carbocycles. The normalized spacial score (nSPS) is 14.7. The van der Waals surface area contributed by atoms with E-state index in [9.17, 15) is 4.79 Å². The van der Waals surface area contributed by atoms with E-state index in [4.69, 9.17) is 5.73 Å². The minimum Gasteiger partial charge on any atom is -0.397 e. The van der Waals surface area contributed by atoms with Crippen molar-refractivity contribution in [3.8, 4) is 0 Å². The number of thiophene rings is 1. The van der Waals surface area contributed by atoms with Gasteiger partial charge in [-0.25, -0.2) is 4.98 Å². The van der Waals surface area contributed by atoms with Crippen LogP contribution in [0.5, 0.6) is 0 Å². The fourth-order valence-electron chi connectivity index (χ4n) is 2.59. The van der Waals surface area contributed by atoms with Gasteiger partial charge in [-0.3, -0.25) is 4.79 Å². The number of aromatic nitrogens is 1. The van der Waals surface area contributed by atoms with Crippen LogP contribution in [0.2, 0.25) is 0 Å². The summed E-state index contributed by atoms with van der Waals surface area (Å²) in [6.07, 6.45) is 2.18. The lowest BCUT2D eigenvalue weighted by Gasteiger charge is -2.15. The van der Waals surface area contributed by atoms with Crippen molar-refractivity contribution in [3.05, 3.63) is 35.2 Å². The zero-order valence-corrected chi connectivity index (χ0v) is 12.5. The van der Waals surface area contributed by atoms with E-state index in [-0.39, 0.29) is 5.91 Å². The Morgan fingerprint density at radius 2 is 2.14 bits per heavy atom. The van der Waals surface area contributed by atoms with E-state index in [1.54, 1.807) is 4.90 Å². The highest BCUT2D eigenvalue weighted by molar-refractivity contribution is 7.21. The lowest BCUT2D eigenvalue weighted by atomic mass is 10.1. The molecule has 106 valence electrons. The lowest BCUT2D eigenvalue weighted by Crippen LogP contribution is -2.28. The van der Waals surface area contributed by atoms with Gasteiger partial charge in [0.05, 0.1) is 11.2 Å². The molecular weight excluding hydrogens is 282 g/mol. The van der Waals surface area contributed by atoms with Crippen LogP contribution in [-0.2, 0) is 0 Å². The van der Waals surface area contributed by atoms with Crippen LogP contribution >= 0.6 is 11.3 Å². The average Bonchev–Trinajstić information content (AvgIpc) is 3.30. The summed E-state index contributed by atoms with van der Waals surface area (Å²) in [4.78, 5) is 20.4. The number of carbonyl (C=O) groups excluding carboxylic acids is 1. The fourth-order valence-corrected chi connectivity index (χ4v) is 3.66. The van der Waals surface area contributed by atoms with Crippen LogP contribution in [0.25, 0.3) is 21.1 Å². The average molecular weight is 297 g/mol. The van der Waals surface area contributed by atoms with E-state index >= 15 is 0 Å². The monoisotopic (exact) mass is 297 g/mol. The van der Waals surface area contributed by atoms with Crippen molar-refractivity contribution in [2.75, 3.05) is 12.8 Å². The maximum atomic E-state index is 12.5. The van der Waals surface area contributed by atoms with Gasteiger partial charge in [-0.05, 0) is 25.0 Å². The highest BCUT2D eigenvalue weighted by Gasteiger charge is 2.32. The molecule has 0 radical (unpaired) electrons. The van der Waals surface area contributed by atoms with Crippen LogP contribution in [0.4, 0.5) is 5.69 Å². The Morgan fingerprint density at radius 1 is 1.38 bits per heavy atom. The third-order valence-corrected chi connectivity index (χ3v) is 5.13. The van der Waals surface area contributed by atoms with E-state index in [0.717, 1.165) is 34.0 Å². The van der Waals surface area contributed by atoms with Crippen molar-refractivity contribution in [2.45, 2.75) is 18.9 Å². The van der Waals surface area contributed by atoms with Gasteiger partial charge in [0.2, 0.25) is 0 Å². The number of hydrogen-bond acceptors (Lipinski definition) is 4. The van der Waals surface area contributed by atoms with Gasteiger partial charge in [-0.2, -0.15) is 0 Å². The van der Waals surface area contributed by atoms with Gasteiger partial charge >= 0.3 is 0 Å². The topological polar surface area (TPSA) is 59.2 Å². The van der Waals surface area contributed by atoms with Crippen molar-refractivity contribution in [3.63, 3.8) is 0 Å². The second-order valence-electron chi connectivity index (χ2n) is 5.53. The number of fused-ring (bicyclic) bond motifs is 2. The molecule has 1 amide bonds. The summed E-state index contributed by atoms with van der Waals surface area (Å²) in [5.74, 6) is 0.0158. The van der Waals surface area contributed by atoms with Gasteiger partial charge < -0.3 is 10.6 Å². The van der Waals surface area contributed by atoms with E-state index < -0.39 is 0 Å². The summed E-state index contributed by atoms with van der Waals surface area (Å²) in [6.45, 7) is 0. The number of anilines is 1. The zero-order valence-electron chi connectivity index (χ0n) is 11.7. The Hall–Kier alpha value is -2.14. The number of para-hydroxylation sites is 1. The van der Waals surface area contributed by atoms with E-state index in [0.29, 0.717) is 16.6 Å². The highest BCUT2D eigenvalue weighted by atomic mass is 32.1. The van der Waals surface area contributed by atoms with Gasteiger partial charge in [-0.1, -0.05) is 18.2 Å². The maximum absolute atomic E-state index is 12.5. The SMILES string of the molecule is CN(C(=O)c1sc2nc3ccccc3cc2c1N)C1CC1. The van der Waals surface area contributed by atoms with Crippen molar-refractivity contribution in [1.82, 2.24) is 9.88 Å². The van der Waals surface area contributed by atoms with Crippen molar-refractivity contribution < 1.29 is 4.79 Å². The van der Waals surface area contributed by atoms with Gasteiger partial charge in [0.25, 0.3) is 5.91 Å². The number of nitrogens with two attached hydrogens (primary N) is 1. The van der Waals surface area contributed by atoms with Crippen LogP contribution < -0.4 is 5.73 Å². The molecule has 0 spiro atoms. The predicted octanol–water partition coefficient (Wildman–Crippen LogP) is 3.27. The molecule has 0 atom stereocenters.